The molecular formula is C13H11N3O4. The zero-order valence-electron chi connectivity index (χ0n) is 10.6. The zero-order chi connectivity index (χ0) is 14.5. The summed E-state index contributed by atoms with van der Waals surface area (Å²) >= 11 is 0. The van der Waals surface area contributed by atoms with Crippen molar-refractivity contribution in [2.75, 3.05) is 5.32 Å². The van der Waals surface area contributed by atoms with Crippen molar-refractivity contribution < 1.29 is 14.2 Å². The average molecular weight is 273 g/mol. The highest BCUT2D eigenvalue weighted by Gasteiger charge is 2.04. The van der Waals surface area contributed by atoms with Crippen LogP contribution in [0.1, 0.15) is 11.3 Å². The molecule has 1 N–H and O–H groups in total. The highest BCUT2D eigenvalue weighted by atomic mass is 16.6. The Morgan fingerprint density at radius 1 is 1.40 bits per heavy atom. The van der Waals surface area contributed by atoms with Crippen molar-refractivity contribution >= 4 is 23.5 Å². The summed E-state index contributed by atoms with van der Waals surface area (Å²) in [6.45, 7) is 1.72. The van der Waals surface area contributed by atoms with Crippen molar-refractivity contribution in [1.29, 1.82) is 0 Å². The molecule has 0 saturated heterocycles. The lowest BCUT2D eigenvalue weighted by atomic mass is 10.2. The molecule has 1 amide bonds. The minimum Gasteiger partial charge on any atom is -0.360 e. The topological polar surface area (TPSA) is 98.3 Å². The van der Waals surface area contributed by atoms with Crippen LogP contribution in [0.2, 0.25) is 0 Å². The van der Waals surface area contributed by atoms with Crippen LogP contribution in [-0.4, -0.2) is 16.0 Å². The molecule has 1 heterocycles. The predicted octanol–water partition coefficient (Wildman–Crippen LogP) is 2.54. The summed E-state index contributed by atoms with van der Waals surface area (Å²) in [6, 6.07) is 7.46. The number of non-ortho nitro benzene ring substituents is 1. The lowest BCUT2D eigenvalue weighted by molar-refractivity contribution is -0.384. The second-order valence-electron chi connectivity index (χ2n) is 3.99. The van der Waals surface area contributed by atoms with E-state index >= 15 is 0 Å². The Bertz CT molecular complexity index is 659. The molecule has 102 valence electrons. The number of aromatic nitrogens is 1. The molecule has 0 atom stereocenters. The van der Waals surface area contributed by atoms with Crippen molar-refractivity contribution in [2.24, 2.45) is 0 Å². The van der Waals surface area contributed by atoms with Crippen LogP contribution < -0.4 is 5.32 Å². The van der Waals surface area contributed by atoms with Crippen LogP contribution in [0.5, 0.6) is 0 Å². The number of aryl methyl sites for hydroxylation is 1. The first kappa shape index (κ1) is 13.5. The van der Waals surface area contributed by atoms with Crippen LogP contribution in [0.25, 0.3) is 6.08 Å². The number of nitro groups is 1. The zero-order valence-corrected chi connectivity index (χ0v) is 10.6. The number of rotatable bonds is 4. The second kappa shape index (κ2) is 5.79. The molecule has 0 aliphatic heterocycles. The fourth-order valence-corrected chi connectivity index (χ4v) is 1.47. The first-order valence-electron chi connectivity index (χ1n) is 5.71. The molecule has 2 rings (SSSR count). The Kier molecular flexibility index (Phi) is 3.90. The summed E-state index contributed by atoms with van der Waals surface area (Å²) in [7, 11) is 0. The van der Waals surface area contributed by atoms with Gasteiger partial charge in [-0.3, -0.25) is 14.9 Å². The molecule has 0 spiro atoms. The van der Waals surface area contributed by atoms with E-state index in [1.807, 2.05) is 0 Å². The van der Waals surface area contributed by atoms with Crippen molar-refractivity contribution in [3.63, 3.8) is 0 Å². The standard InChI is InChI=1S/C13H11N3O4/c1-9-8-12(15-20-9)14-13(17)7-4-10-2-5-11(6-3-10)16(18)19/h2-8H,1H3,(H,14,15,17). The first-order valence-corrected chi connectivity index (χ1v) is 5.71. The van der Waals surface area contributed by atoms with Gasteiger partial charge in [0.2, 0.25) is 5.91 Å². The lowest BCUT2D eigenvalue weighted by Gasteiger charge is -1.95. The molecule has 1 aromatic carbocycles. The van der Waals surface area contributed by atoms with Crippen LogP contribution in [-0.2, 0) is 4.79 Å². The van der Waals surface area contributed by atoms with Gasteiger partial charge in [-0.25, -0.2) is 0 Å². The number of nitrogens with zero attached hydrogens (tertiary/aromatic N) is 2. The summed E-state index contributed by atoms with van der Waals surface area (Å²) in [4.78, 5) is 21.6. The molecule has 0 saturated carbocycles. The number of carbonyl (C=O) groups is 1. The van der Waals surface area contributed by atoms with Crippen molar-refractivity contribution in [3.05, 3.63) is 57.8 Å². The van der Waals surface area contributed by atoms with E-state index in [0.717, 1.165) is 0 Å². The average Bonchev–Trinajstić information content (AvgIpc) is 2.82. The van der Waals surface area contributed by atoms with Gasteiger partial charge in [0.15, 0.2) is 5.82 Å². The Labute approximate surface area is 114 Å². The van der Waals surface area contributed by atoms with Gasteiger partial charge in [0, 0.05) is 24.3 Å². The fraction of sp³-hybridized carbons (Fsp3) is 0.0769. The van der Waals surface area contributed by atoms with Gasteiger partial charge < -0.3 is 9.84 Å². The summed E-state index contributed by atoms with van der Waals surface area (Å²) in [5.74, 6) is 0.567. The van der Waals surface area contributed by atoms with Gasteiger partial charge >= 0.3 is 0 Å². The number of nitrogens with one attached hydrogen (secondary N) is 1. The molecular weight excluding hydrogens is 262 g/mol. The van der Waals surface area contributed by atoms with E-state index in [-0.39, 0.29) is 11.6 Å². The summed E-state index contributed by atoms with van der Waals surface area (Å²) in [5.41, 5.74) is 0.687. The molecule has 0 radical (unpaired) electrons. The third-order valence-corrected chi connectivity index (χ3v) is 2.41. The van der Waals surface area contributed by atoms with Gasteiger partial charge in [0.25, 0.3) is 5.69 Å². The van der Waals surface area contributed by atoms with Crippen LogP contribution in [0.4, 0.5) is 11.5 Å². The maximum absolute atomic E-state index is 11.6. The number of amides is 1. The third kappa shape index (κ3) is 3.52. The molecule has 20 heavy (non-hydrogen) atoms. The normalized spacial score (nSPS) is 10.7. The monoisotopic (exact) mass is 273 g/mol. The van der Waals surface area contributed by atoms with Crippen molar-refractivity contribution in [2.45, 2.75) is 6.92 Å². The van der Waals surface area contributed by atoms with Crippen LogP contribution in [0.15, 0.2) is 40.9 Å². The molecule has 0 aliphatic rings. The molecule has 0 aliphatic carbocycles. The number of nitro benzene ring substituents is 1. The SMILES string of the molecule is Cc1cc(NC(=O)C=Cc2ccc([N+](=O)[O-])cc2)no1. The third-order valence-electron chi connectivity index (χ3n) is 2.41. The van der Waals surface area contributed by atoms with E-state index in [1.54, 1.807) is 31.2 Å². The summed E-state index contributed by atoms with van der Waals surface area (Å²) in [5, 5.41) is 16.6. The van der Waals surface area contributed by atoms with Gasteiger partial charge in [0.1, 0.15) is 5.76 Å². The predicted molar refractivity (Wildman–Crippen MR) is 72.0 cm³/mol. The maximum atomic E-state index is 11.6. The van der Waals surface area contributed by atoms with E-state index in [2.05, 4.69) is 10.5 Å². The quantitative estimate of drug-likeness (QED) is 0.524. The summed E-state index contributed by atoms with van der Waals surface area (Å²) in [6.07, 6.45) is 2.86. The number of hydrogen-bond donors (Lipinski definition) is 1. The Morgan fingerprint density at radius 2 is 2.10 bits per heavy atom. The number of benzene rings is 1. The van der Waals surface area contributed by atoms with Crippen LogP contribution >= 0.6 is 0 Å². The van der Waals surface area contributed by atoms with Gasteiger partial charge in [-0.1, -0.05) is 5.16 Å². The Morgan fingerprint density at radius 3 is 2.65 bits per heavy atom. The second-order valence-corrected chi connectivity index (χ2v) is 3.99. The highest BCUT2D eigenvalue weighted by molar-refractivity contribution is 6.01. The molecule has 7 nitrogen and oxygen atoms in total. The van der Waals surface area contributed by atoms with E-state index in [1.165, 1.54) is 18.2 Å². The van der Waals surface area contributed by atoms with Crippen LogP contribution in [0.3, 0.4) is 0 Å². The van der Waals surface area contributed by atoms with Gasteiger partial charge in [-0.2, -0.15) is 0 Å². The van der Waals surface area contributed by atoms with E-state index < -0.39 is 4.92 Å². The van der Waals surface area contributed by atoms with Crippen LogP contribution in [0, 0.1) is 17.0 Å². The smallest absolute Gasteiger partial charge is 0.269 e. The van der Waals surface area contributed by atoms with Gasteiger partial charge in [0.05, 0.1) is 4.92 Å². The maximum Gasteiger partial charge on any atom is 0.269 e. The molecule has 1 aromatic heterocycles. The van der Waals surface area contributed by atoms with E-state index in [4.69, 9.17) is 4.52 Å². The fourth-order valence-electron chi connectivity index (χ4n) is 1.47. The molecule has 0 bridgehead atoms. The highest BCUT2D eigenvalue weighted by Crippen LogP contribution is 2.13. The largest absolute Gasteiger partial charge is 0.360 e. The minimum absolute atomic E-state index is 0.00433. The first-order chi connectivity index (χ1) is 9.54. The van der Waals surface area contributed by atoms with Gasteiger partial charge in [-0.05, 0) is 30.7 Å². The van der Waals surface area contributed by atoms with Crippen molar-refractivity contribution in [3.8, 4) is 0 Å². The number of anilines is 1. The number of hydrogen-bond acceptors (Lipinski definition) is 5. The minimum atomic E-state index is -0.479. The van der Waals surface area contributed by atoms with E-state index in [9.17, 15) is 14.9 Å². The number of carbonyl (C=O) groups excluding carboxylic acids is 1. The summed E-state index contributed by atoms with van der Waals surface area (Å²) < 4.78 is 4.81. The lowest BCUT2D eigenvalue weighted by Crippen LogP contribution is -2.07. The molecule has 2 aromatic rings. The van der Waals surface area contributed by atoms with Gasteiger partial charge in [-0.15, -0.1) is 0 Å². The van der Waals surface area contributed by atoms with Crippen molar-refractivity contribution in [1.82, 2.24) is 5.16 Å². The molecule has 0 unspecified atom stereocenters. The Hall–Kier alpha value is -2.96. The van der Waals surface area contributed by atoms with E-state index in [0.29, 0.717) is 17.1 Å². The molecule has 0 fully saturated rings. The molecule has 7 heteroatoms. The Balaban J connectivity index is 1.98.